The van der Waals surface area contributed by atoms with Crippen LogP contribution in [0.25, 0.3) is 0 Å². The van der Waals surface area contributed by atoms with Gasteiger partial charge in [-0.05, 0) is 37.0 Å². The zero-order valence-electron chi connectivity index (χ0n) is 11.3. The molecule has 1 aliphatic heterocycles. The number of hydrogen-bond acceptors (Lipinski definition) is 2. The van der Waals surface area contributed by atoms with Gasteiger partial charge in [-0.15, -0.1) is 0 Å². The Morgan fingerprint density at radius 2 is 1.80 bits per heavy atom. The molecule has 0 radical (unpaired) electrons. The predicted octanol–water partition coefficient (Wildman–Crippen LogP) is 2.11. The van der Waals surface area contributed by atoms with Gasteiger partial charge in [0, 0.05) is 29.9 Å². The molecule has 1 aromatic rings. The molecule has 2 rings (SSSR count). The quantitative estimate of drug-likeness (QED) is 0.913. The number of piperidine rings is 1. The Balaban J connectivity index is 1.78. The number of rotatable bonds is 4. The van der Waals surface area contributed by atoms with Crippen molar-refractivity contribution in [3.05, 3.63) is 34.3 Å². The van der Waals surface area contributed by atoms with Gasteiger partial charge < -0.3 is 10.6 Å². The Morgan fingerprint density at radius 1 is 1.20 bits per heavy atom. The highest BCUT2D eigenvalue weighted by atomic mass is 79.9. The minimum Gasteiger partial charge on any atom is -0.369 e. The average molecular weight is 339 g/mol. The van der Waals surface area contributed by atoms with Crippen LogP contribution >= 0.6 is 15.9 Å². The fourth-order valence-corrected chi connectivity index (χ4v) is 2.74. The molecule has 0 aromatic heterocycles. The van der Waals surface area contributed by atoms with Crippen LogP contribution in [0.4, 0.5) is 0 Å². The summed E-state index contributed by atoms with van der Waals surface area (Å²) in [6.07, 6.45) is 2.66. The molecule has 1 fully saturated rings. The van der Waals surface area contributed by atoms with Gasteiger partial charge in [0.15, 0.2) is 0 Å². The van der Waals surface area contributed by atoms with Crippen molar-refractivity contribution in [2.24, 2.45) is 11.7 Å². The highest BCUT2D eigenvalue weighted by Crippen LogP contribution is 2.18. The minimum atomic E-state index is -0.244. The molecule has 0 saturated carbocycles. The Hall–Kier alpha value is -1.36. The lowest BCUT2D eigenvalue weighted by Gasteiger charge is -2.30. The largest absolute Gasteiger partial charge is 0.369 e. The lowest BCUT2D eigenvalue weighted by atomic mass is 9.96. The number of nitrogens with two attached hydrogens (primary N) is 1. The van der Waals surface area contributed by atoms with E-state index >= 15 is 0 Å². The van der Waals surface area contributed by atoms with E-state index in [1.165, 1.54) is 0 Å². The molecule has 0 spiro atoms. The lowest BCUT2D eigenvalue weighted by Crippen LogP contribution is -2.41. The number of nitrogens with zero attached hydrogens (tertiary/aromatic N) is 1. The molecular weight excluding hydrogens is 320 g/mol. The first-order valence-corrected chi connectivity index (χ1v) is 7.67. The maximum atomic E-state index is 12.1. The Labute approximate surface area is 127 Å². The summed E-state index contributed by atoms with van der Waals surface area (Å²) in [6.45, 7) is 1.29. The van der Waals surface area contributed by atoms with E-state index in [2.05, 4.69) is 15.9 Å². The second-order valence-corrected chi connectivity index (χ2v) is 6.10. The summed E-state index contributed by atoms with van der Waals surface area (Å²) in [5.41, 5.74) is 6.45. The van der Waals surface area contributed by atoms with Gasteiger partial charge in [-0.25, -0.2) is 0 Å². The zero-order valence-corrected chi connectivity index (χ0v) is 12.9. The molecular formula is C15H19BrN2O2. The highest BCUT2D eigenvalue weighted by molar-refractivity contribution is 9.10. The number of primary amides is 1. The molecule has 108 valence electrons. The molecule has 1 aromatic carbocycles. The van der Waals surface area contributed by atoms with E-state index in [0.717, 1.165) is 16.5 Å². The van der Waals surface area contributed by atoms with Crippen LogP contribution in [0.3, 0.4) is 0 Å². The van der Waals surface area contributed by atoms with Crippen molar-refractivity contribution in [2.75, 3.05) is 13.1 Å². The number of carbonyl (C=O) groups excluding carboxylic acids is 2. The molecule has 2 N–H and O–H groups in total. The van der Waals surface area contributed by atoms with Gasteiger partial charge in [0.25, 0.3) is 0 Å². The summed E-state index contributed by atoms with van der Waals surface area (Å²) in [5.74, 6) is -0.145. The van der Waals surface area contributed by atoms with Gasteiger partial charge >= 0.3 is 0 Å². The van der Waals surface area contributed by atoms with Crippen LogP contribution in [0.5, 0.6) is 0 Å². The van der Waals surface area contributed by atoms with E-state index in [-0.39, 0.29) is 17.7 Å². The number of benzene rings is 1. The topological polar surface area (TPSA) is 63.4 Å². The number of halogens is 1. The van der Waals surface area contributed by atoms with Crippen LogP contribution in [0.2, 0.25) is 0 Å². The molecule has 1 heterocycles. The van der Waals surface area contributed by atoms with E-state index in [4.69, 9.17) is 5.73 Å². The fraction of sp³-hybridized carbons (Fsp3) is 0.467. The third kappa shape index (κ3) is 4.07. The molecule has 5 heteroatoms. The first-order chi connectivity index (χ1) is 9.56. The number of aryl methyl sites for hydroxylation is 1. The molecule has 2 amide bonds. The summed E-state index contributed by atoms with van der Waals surface area (Å²) in [4.78, 5) is 25.0. The van der Waals surface area contributed by atoms with Crippen molar-refractivity contribution in [1.82, 2.24) is 4.90 Å². The predicted molar refractivity (Wildman–Crippen MR) is 81.0 cm³/mol. The first-order valence-electron chi connectivity index (χ1n) is 6.88. The third-order valence-electron chi connectivity index (χ3n) is 3.79. The van der Waals surface area contributed by atoms with Gasteiger partial charge in [0.2, 0.25) is 11.8 Å². The standard InChI is InChI=1S/C15H19BrN2O2/c16-13-4-1-11(2-5-13)3-6-14(19)18-9-7-12(8-10-18)15(17)20/h1-2,4-5,12H,3,6-10H2,(H2,17,20). The molecule has 1 aliphatic rings. The highest BCUT2D eigenvalue weighted by Gasteiger charge is 2.25. The molecule has 0 unspecified atom stereocenters. The zero-order chi connectivity index (χ0) is 14.5. The number of carbonyl (C=O) groups is 2. The van der Waals surface area contributed by atoms with Crippen molar-refractivity contribution >= 4 is 27.7 Å². The number of amides is 2. The van der Waals surface area contributed by atoms with Crippen LogP contribution in [0.15, 0.2) is 28.7 Å². The minimum absolute atomic E-state index is 0.0643. The van der Waals surface area contributed by atoms with Crippen molar-refractivity contribution in [3.8, 4) is 0 Å². The van der Waals surface area contributed by atoms with E-state index in [1.807, 2.05) is 29.2 Å². The van der Waals surface area contributed by atoms with Gasteiger partial charge in [0.1, 0.15) is 0 Å². The monoisotopic (exact) mass is 338 g/mol. The van der Waals surface area contributed by atoms with E-state index < -0.39 is 0 Å². The summed E-state index contributed by atoms with van der Waals surface area (Å²) in [5, 5.41) is 0. The molecule has 0 bridgehead atoms. The van der Waals surface area contributed by atoms with E-state index in [1.54, 1.807) is 0 Å². The SMILES string of the molecule is NC(=O)C1CCN(C(=O)CCc2ccc(Br)cc2)CC1. The summed E-state index contributed by atoms with van der Waals surface area (Å²) in [7, 11) is 0. The molecule has 4 nitrogen and oxygen atoms in total. The molecule has 20 heavy (non-hydrogen) atoms. The van der Waals surface area contributed by atoms with Crippen molar-refractivity contribution in [1.29, 1.82) is 0 Å². The first kappa shape index (κ1) is 15.0. The second-order valence-electron chi connectivity index (χ2n) is 5.18. The summed E-state index contributed by atoms with van der Waals surface area (Å²) < 4.78 is 1.04. The van der Waals surface area contributed by atoms with Crippen molar-refractivity contribution in [2.45, 2.75) is 25.7 Å². The maximum Gasteiger partial charge on any atom is 0.222 e. The van der Waals surface area contributed by atoms with Crippen LogP contribution in [-0.4, -0.2) is 29.8 Å². The Bertz CT molecular complexity index is 479. The lowest BCUT2D eigenvalue weighted by molar-refractivity contribution is -0.134. The Kier molecular flexibility index (Phi) is 5.17. The normalized spacial score (nSPS) is 16.1. The van der Waals surface area contributed by atoms with Crippen molar-refractivity contribution < 1.29 is 9.59 Å². The summed E-state index contributed by atoms with van der Waals surface area (Å²) >= 11 is 3.39. The Morgan fingerprint density at radius 3 is 2.35 bits per heavy atom. The van der Waals surface area contributed by atoms with Crippen molar-refractivity contribution in [3.63, 3.8) is 0 Å². The van der Waals surface area contributed by atoms with Gasteiger partial charge in [-0.2, -0.15) is 0 Å². The average Bonchev–Trinajstić information content (AvgIpc) is 2.46. The summed E-state index contributed by atoms with van der Waals surface area (Å²) in [6, 6.07) is 8.02. The smallest absolute Gasteiger partial charge is 0.222 e. The molecule has 0 aliphatic carbocycles. The van der Waals surface area contributed by atoms with Crippen LogP contribution in [0.1, 0.15) is 24.8 Å². The fourth-order valence-electron chi connectivity index (χ4n) is 2.47. The van der Waals surface area contributed by atoms with Gasteiger partial charge in [-0.1, -0.05) is 28.1 Å². The van der Waals surface area contributed by atoms with Gasteiger partial charge in [-0.3, -0.25) is 9.59 Å². The van der Waals surface area contributed by atoms with Crippen LogP contribution in [0, 0.1) is 5.92 Å². The number of likely N-dealkylation sites (tertiary alicyclic amines) is 1. The van der Waals surface area contributed by atoms with Crippen LogP contribution in [-0.2, 0) is 16.0 Å². The molecule has 1 saturated heterocycles. The molecule has 0 atom stereocenters. The second kappa shape index (κ2) is 6.88. The van der Waals surface area contributed by atoms with Gasteiger partial charge in [0.05, 0.1) is 0 Å². The maximum absolute atomic E-state index is 12.1. The van der Waals surface area contributed by atoms with E-state index in [9.17, 15) is 9.59 Å². The van der Waals surface area contributed by atoms with Crippen LogP contribution < -0.4 is 5.73 Å². The third-order valence-corrected chi connectivity index (χ3v) is 4.32. The number of hydrogen-bond donors (Lipinski definition) is 1. The van der Waals surface area contributed by atoms with E-state index in [0.29, 0.717) is 32.4 Å².